The van der Waals surface area contributed by atoms with E-state index in [2.05, 4.69) is 0 Å². The molecular formula is C16H16O4Re4. The van der Waals surface area contributed by atoms with Crippen LogP contribution in [-0.2, 0) is 81.7 Å². The molecule has 24 heavy (non-hydrogen) atoms. The Bertz CT molecular complexity index is 643. The van der Waals surface area contributed by atoms with Crippen LogP contribution in [0.4, 0.5) is 0 Å². The number of hydrogen-bond acceptors (Lipinski definition) is 4. The zero-order valence-electron chi connectivity index (χ0n) is 12.8. The summed E-state index contributed by atoms with van der Waals surface area (Å²) in [6.07, 6.45) is 3.11. The van der Waals surface area contributed by atoms with Crippen molar-refractivity contribution >= 4 is 12.2 Å². The van der Waals surface area contributed by atoms with Gasteiger partial charge in [-0.2, -0.15) is 0 Å². The zero-order chi connectivity index (χ0) is 14.9. The fourth-order valence-electron chi connectivity index (χ4n) is 1.84. The quantitative estimate of drug-likeness (QED) is 0.276. The number of aromatic hydroxyl groups is 4. The van der Waals surface area contributed by atoms with E-state index >= 15 is 0 Å². The average Bonchev–Trinajstić information content (AvgIpc) is 2.37. The molecule has 0 amide bonds. The number of hydrogen-bond donors (Lipinski definition) is 4. The number of aryl methyl sites for hydroxylation is 2. The van der Waals surface area contributed by atoms with Crippen molar-refractivity contribution in [3.05, 3.63) is 46.5 Å². The fourth-order valence-corrected chi connectivity index (χ4v) is 1.84. The molecule has 0 bridgehead atoms. The van der Waals surface area contributed by atoms with Crippen molar-refractivity contribution in [3.63, 3.8) is 0 Å². The van der Waals surface area contributed by atoms with Gasteiger partial charge in [-0.3, -0.25) is 0 Å². The molecule has 132 valence electrons. The van der Waals surface area contributed by atoms with Crippen LogP contribution < -0.4 is 0 Å². The van der Waals surface area contributed by atoms with Gasteiger partial charge in [-0.15, -0.1) is 0 Å². The van der Waals surface area contributed by atoms with Crippen LogP contribution in [-0.4, -0.2) is 20.4 Å². The van der Waals surface area contributed by atoms with Crippen LogP contribution >= 0.6 is 0 Å². The smallest absolute Gasteiger partial charge is 0.123 e. The summed E-state index contributed by atoms with van der Waals surface area (Å²) >= 11 is 0. The van der Waals surface area contributed by atoms with E-state index in [0.29, 0.717) is 22.3 Å². The van der Waals surface area contributed by atoms with Gasteiger partial charge in [0.1, 0.15) is 23.0 Å². The van der Waals surface area contributed by atoms with Crippen molar-refractivity contribution < 1.29 is 102 Å². The second-order valence-corrected chi connectivity index (χ2v) is 4.73. The van der Waals surface area contributed by atoms with E-state index in [1.165, 1.54) is 24.3 Å². The summed E-state index contributed by atoms with van der Waals surface area (Å²) < 4.78 is 0. The Hall–Kier alpha value is 0.0294. The van der Waals surface area contributed by atoms with E-state index in [9.17, 15) is 20.4 Å². The van der Waals surface area contributed by atoms with Crippen LogP contribution in [0.3, 0.4) is 0 Å². The first kappa shape index (κ1) is 28.8. The third-order valence-corrected chi connectivity index (χ3v) is 3.13. The number of phenols is 4. The minimum atomic E-state index is 0. The van der Waals surface area contributed by atoms with Crippen LogP contribution in [0.2, 0.25) is 0 Å². The van der Waals surface area contributed by atoms with Gasteiger partial charge < -0.3 is 20.4 Å². The SMILES string of the molecule is Cc1cc(O)c(/C=C/c2cc(O)c(C)cc2O)cc1O.[Re].[Re].[Re].[Re]. The third-order valence-electron chi connectivity index (χ3n) is 3.13. The molecule has 0 aliphatic heterocycles. The molecule has 0 spiro atoms. The summed E-state index contributed by atoms with van der Waals surface area (Å²) in [5.74, 6) is 0.233. The summed E-state index contributed by atoms with van der Waals surface area (Å²) in [5.41, 5.74) is 2.01. The Morgan fingerprint density at radius 3 is 1.12 bits per heavy atom. The molecular weight excluding hydrogens is 1000 g/mol. The number of rotatable bonds is 2. The predicted molar refractivity (Wildman–Crippen MR) is 77.9 cm³/mol. The van der Waals surface area contributed by atoms with Crippen molar-refractivity contribution in [3.8, 4) is 23.0 Å². The Balaban J connectivity index is -0.00000110. The standard InChI is InChI=1S/C16H16O4.4Re/c1-9-5-15(19)11(7-13(9)17)3-4-12-8-14(18)10(2)6-16(12)20;;;;/h3-8,17-20H,1-2H3;;;;/b4-3+;;;;. The molecule has 0 aromatic heterocycles. The largest absolute Gasteiger partial charge is 0.508 e. The molecule has 0 unspecified atom stereocenters. The molecule has 0 aliphatic rings. The van der Waals surface area contributed by atoms with Gasteiger partial charge in [0.25, 0.3) is 0 Å². The molecule has 2 aromatic carbocycles. The molecule has 2 rings (SSSR count). The number of benzene rings is 2. The van der Waals surface area contributed by atoms with Crippen molar-refractivity contribution in [2.45, 2.75) is 13.8 Å². The van der Waals surface area contributed by atoms with Gasteiger partial charge in [0, 0.05) is 92.8 Å². The molecule has 4 radical (unpaired) electrons. The van der Waals surface area contributed by atoms with E-state index in [4.69, 9.17) is 0 Å². The first-order valence-corrected chi connectivity index (χ1v) is 6.11. The minimum absolute atomic E-state index is 0. The molecule has 8 heteroatoms. The normalized spacial score (nSPS) is 9.25. The van der Waals surface area contributed by atoms with Crippen molar-refractivity contribution in [1.82, 2.24) is 0 Å². The number of phenolic OH excluding ortho intramolecular Hbond substituents is 4. The van der Waals surface area contributed by atoms with Crippen LogP contribution in [0.15, 0.2) is 24.3 Å². The van der Waals surface area contributed by atoms with Gasteiger partial charge in [-0.05, 0) is 49.2 Å². The van der Waals surface area contributed by atoms with Gasteiger partial charge in [-0.1, -0.05) is 12.2 Å². The first-order valence-electron chi connectivity index (χ1n) is 6.11. The van der Waals surface area contributed by atoms with Crippen LogP contribution in [0.5, 0.6) is 23.0 Å². The molecule has 0 fully saturated rings. The Kier molecular flexibility index (Phi) is 14.9. The summed E-state index contributed by atoms with van der Waals surface area (Å²) in [6.45, 7) is 3.37. The van der Waals surface area contributed by atoms with E-state index in [-0.39, 0.29) is 105 Å². The molecule has 0 saturated carbocycles. The van der Waals surface area contributed by atoms with Gasteiger partial charge in [-0.25, -0.2) is 0 Å². The molecule has 4 nitrogen and oxygen atoms in total. The van der Waals surface area contributed by atoms with Gasteiger partial charge in [0.2, 0.25) is 0 Å². The second-order valence-electron chi connectivity index (χ2n) is 4.73. The van der Waals surface area contributed by atoms with Crippen LogP contribution in [0, 0.1) is 13.8 Å². The van der Waals surface area contributed by atoms with Crippen LogP contribution in [0.25, 0.3) is 12.2 Å². The van der Waals surface area contributed by atoms with Crippen molar-refractivity contribution in [2.75, 3.05) is 0 Å². The maximum absolute atomic E-state index is 9.79. The molecule has 4 N–H and O–H groups in total. The zero-order valence-corrected chi connectivity index (χ0v) is 23.6. The van der Waals surface area contributed by atoms with Crippen molar-refractivity contribution in [2.24, 2.45) is 0 Å². The maximum Gasteiger partial charge on any atom is 0.123 e. The fraction of sp³-hybridized carbons (Fsp3) is 0.125. The Morgan fingerprint density at radius 2 is 0.833 bits per heavy atom. The molecule has 0 heterocycles. The summed E-state index contributed by atoms with van der Waals surface area (Å²) in [6, 6.07) is 5.79. The third kappa shape index (κ3) is 7.10. The minimum Gasteiger partial charge on any atom is -0.508 e. The molecule has 0 aliphatic carbocycles. The summed E-state index contributed by atoms with van der Waals surface area (Å²) in [7, 11) is 0. The summed E-state index contributed by atoms with van der Waals surface area (Å²) in [4.78, 5) is 0. The van der Waals surface area contributed by atoms with Gasteiger partial charge in [0.05, 0.1) is 0 Å². The first-order chi connectivity index (χ1) is 9.38. The molecule has 0 atom stereocenters. The Labute approximate surface area is 196 Å². The van der Waals surface area contributed by atoms with E-state index in [0.717, 1.165) is 0 Å². The van der Waals surface area contributed by atoms with Gasteiger partial charge in [0.15, 0.2) is 0 Å². The molecule has 0 saturated heterocycles. The topological polar surface area (TPSA) is 80.9 Å². The Morgan fingerprint density at radius 1 is 0.542 bits per heavy atom. The van der Waals surface area contributed by atoms with Crippen molar-refractivity contribution in [1.29, 1.82) is 0 Å². The van der Waals surface area contributed by atoms with E-state index in [1.54, 1.807) is 26.0 Å². The van der Waals surface area contributed by atoms with Gasteiger partial charge >= 0.3 is 0 Å². The summed E-state index contributed by atoms with van der Waals surface area (Å²) in [5, 5.41) is 38.8. The molecule has 2 aromatic rings. The average molecular weight is 1020 g/mol. The predicted octanol–water partition coefficient (Wildman–Crippen LogP) is 3.29. The van der Waals surface area contributed by atoms with E-state index < -0.39 is 0 Å². The van der Waals surface area contributed by atoms with E-state index in [1.807, 2.05) is 0 Å². The monoisotopic (exact) mass is 1020 g/mol. The maximum atomic E-state index is 9.79. The van der Waals surface area contributed by atoms with Crippen LogP contribution in [0.1, 0.15) is 22.3 Å². The second kappa shape index (κ2) is 12.4.